The highest BCUT2D eigenvalue weighted by molar-refractivity contribution is 5.88. The molecule has 0 saturated carbocycles. The Morgan fingerprint density at radius 1 is 1.12 bits per heavy atom. The molecule has 2 aromatic rings. The quantitative estimate of drug-likeness (QED) is 0.794. The smallest absolute Gasteiger partial charge is 0.197 e. The highest BCUT2D eigenvalue weighted by Gasteiger charge is 2.06. The van der Waals surface area contributed by atoms with Crippen molar-refractivity contribution < 1.29 is 9.84 Å². The van der Waals surface area contributed by atoms with E-state index in [4.69, 9.17) is 4.74 Å². The number of benzene rings is 2. The lowest BCUT2D eigenvalue weighted by Gasteiger charge is -2.14. The molecule has 2 rings (SSSR count). The van der Waals surface area contributed by atoms with Gasteiger partial charge in [-0.05, 0) is 11.5 Å². The van der Waals surface area contributed by atoms with Crippen molar-refractivity contribution in [2.45, 2.75) is 26.1 Å². The number of fused-ring (bicyclic) bond motifs is 1. The van der Waals surface area contributed by atoms with Gasteiger partial charge in [0, 0.05) is 11.8 Å². The molecule has 2 nitrogen and oxygen atoms in total. The third-order valence-electron chi connectivity index (χ3n) is 2.55. The van der Waals surface area contributed by atoms with Crippen LogP contribution in [0.5, 0.6) is 5.75 Å². The van der Waals surface area contributed by atoms with Crippen molar-refractivity contribution in [3.05, 3.63) is 42.5 Å². The molecule has 0 aromatic heterocycles. The van der Waals surface area contributed by atoms with Crippen LogP contribution in [0.3, 0.4) is 0 Å². The van der Waals surface area contributed by atoms with Gasteiger partial charge in [0.05, 0.1) is 0 Å². The van der Waals surface area contributed by atoms with Gasteiger partial charge < -0.3 is 9.84 Å². The number of ether oxygens (including phenoxy) is 1. The van der Waals surface area contributed by atoms with Crippen molar-refractivity contribution in [2.24, 2.45) is 0 Å². The Morgan fingerprint density at radius 2 is 1.88 bits per heavy atom. The predicted molar refractivity (Wildman–Crippen MR) is 65.5 cm³/mol. The first-order valence-electron chi connectivity index (χ1n) is 5.63. The molecule has 2 aromatic carbocycles. The van der Waals surface area contributed by atoms with Crippen molar-refractivity contribution in [2.75, 3.05) is 0 Å². The van der Waals surface area contributed by atoms with Crippen molar-refractivity contribution >= 4 is 10.8 Å². The maximum Gasteiger partial charge on any atom is 0.197 e. The molecule has 1 atom stereocenters. The van der Waals surface area contributed by atoms with Gasteiger partial charge in [-0.15, -0.1) is 0 Å². The fourth-order valence-corrected chi connectivity index (χ4v) is 1.75. The molecule has 0 bridgehead atoms. The lowest BCUT2D eigenvalue weighted by Crippen LogP contribution is -2.14. The van der Waals surface area contributed by atoms with Gasteiger partial charge in [-0.25, -0.2) is 0 Å². The van der Waals surface area contributed by atoms with E-state index >= 15 is 0 Å². The number of aliphatic hydroxyl groups excluding tert-OH is 1. The van der Waals surface area contributed by atoms with Gasteiger partial charge in [0.25, 0.3) is 0 Å². The van der Waals surface area contributed by atoms with Crippen LogP contribution in [0.15, 0.2) is 42.5 Å². The number of hydrogen-bond acceptors (Lipinski definition) is 2. The standard InChI is InChI=1S/C14H16O2/c1-2-6-14(15)16-13-10-5-8-11-7-3-4-9-12(11)13/h3-5,7-10,14-15H,2,6H2,1H3. The molecule has 0 aliphatic rings. The summed E-state index contributed by atoms with van der Waals surface area (Å²) in [7, 11) is 0. The number of hydrogen-bond donors (Lipinski definition) is 1. The largest absolute Gasteiger partial charge is 0.465 e. The minimum absolute atomic E-state index is 0.656. The molecule has 16 heavy (non-hydrogen) atoms. The van der Waals surface area contributed by atoms with Crippen LogP contribution in [0.25, 0.3) is 10.8 Å². The Morgan fingerprint density at radius 3 is 2.69 bits per heavy atom. The van der Waals surface area contributed by atoms with E-state index in [0.29, 0.717) is 6.42 Å². The molecule has 0 spiro atoms. The van der Waals surface area contributed by atoms with E-state index in [0.717, 1.165) is 22.9 Å². The van der Waals surface area contributed by atoms with E-state index in [1.807, 2.05) is 49.4 Å². The van der Waals surface area contributed by atoms with Gasteiger partial charge in [0.15, 0.2) is 6.29 Å². The maximum atomic E-state index is 9.64. The van der Waals surface area contributed by atoms with Gasteiger partial charge in [-0.3, -0.25) is 0 Å². The lowest BCUT2D eigenvalue weighted by molar-refractivity contribution is -0.0222. The zero-order chi connectivity index (χ0) is 11.4. The van der Waals surface area contributed by atoms with Crippen molar-refractivity contribution in [3.63, 3.8) is 0 Å². The average molecular weight is 216 g/mol. The van der Waals surface area contributed by atoms with E-state index in [2.05, 4.69) is 0 Å². The van der Waals surface area contributed by atoms with Crippen LogP contribution in [0, 0.1) is 0 Å². The third kappa shape index (κ3) is 2.34. The Labute approximate surface area is 95.5 Å². The van der Waals surface area contributed by atoms with Gasteiger partial charge in [0.2, 0.25) is 0 Å². The zero-order valence-corrected chi connectivity index (χ0v) is 9.39. The fraction of sp³-hybridized carbons (Fsp3) is 0.286. The molecule has 0 fully saturated rings. The second kappa shape index (κ2) is 4.99. The van der Waals surface area contributed by atoms with Crippen LogP contribution in [0.4, 0.5) is 0 Å². The minimum atomic E-state index is -0.712. The Kier molecular flexibility index (Phi) is 3.42. The predicted octanol–water partition coefficient (Wildman–Crippen LogP) is 3.34. The number of aliphatic hydroxyl groups is 1. The summed E-state index contributed by atoms with van der Waals surface area (Å²) < 4.78 is 5.52. The van der Waals surface area contributed by atoms with Gasteiger partial charge in [-0.2, -0.15) is 0 Å². The minimum Gasteiger partial charge on any atom is -0.465 e. The van der Waals surface area contributed by atoms with Crippen LogP contribution in [-0.2, 0) is 0 Å². The molecule has 0 aliphatic heterocycles. The van der Waals surface area contributed by atoms with E-state index < -0.39 is 6.29 Å². The maximum absolute atomic E-state index is 9.64. The highest BCUT2D eigenvalue weighted by Crippen LogP contribution is 2.26. The molecule has 84 valence electrons. The Balaban J connectivity index is 2.30. The summed E-state index contributed by atoms with van der Waals surface area (Å²) in [5.74, 6) is 0.749. The molecule has 0 radical (unpaired) electrons. The topological polar surface area (TPSA) is 29.5 Å². The highest BCUT2D eigenvalue weighted by atomic mass is 16.6. The normalized spacial score (nSPS) is 12.6. The van der Waals surface area contributed by atoms with E-state index in [-0.39, 0.29) is 0 Å². The van der Waals surface area contributed by atoms with Crippen LogP contribution in [0.1, 0.15) is 19.8 Å². The summed E-state index contributed by atoms with van der Waals surface area (Å²) >= 11 is 0. The number of rotatable bonds is 4. The van der Waals surface area contributed by atoms with Crippen molar-refractivity contribution in [3.8, 4) is 5.75 Å². The van der Waals surface area contributed by atoms with Crippen molar-refractivity contribution in [1.82, 2.24) is 0 Å². The van der Waals surface area contributed by atoms with E-state index in [1.54, 1.807) is 0 Å². The van der Waals surface area contributed by atoms with E-state index in [9.17, 15) is 5.11 Å². The van der Waals surface area contributed by atoms with Crippen LogP contribution >= 0.6 is 0 Å². The molecule has 0 amide bonds. The monoisotopic (exact) mass is 216 g/mol. The molecule has 1 unspecified atom stereocenters. The third-order valence-corrected chi connectivity index (χ3v) is 2.55. The summed E-state index contributed by atoms with van der Waals surface area (Å²) in [5.41, 5.74) is 0. The molecule has 0 aliphatic carbocycles. The van der Waals surface area contributed by atoms with E-state index in [1.165, 1.54) is 0 Å². The summed E-state index contributed by atoms with van der Waals surface area (Å²) in [6.07, 6.45) is 0.852. The Hall–Kier alpha value is -1.54. The first-order valence-corrected chi connectivity index (χ1v) is 5.63. The zero-order valence-electron chi connectivity index (χ0n) is 9.39. The molecule has 0 heterocycles. The van der Waals surface area contributed by atoms with Gasteiger partial charge in [-0.1, -0.05) is 49.7 Å². The summed E-state index contributed by atoms with van der Waals surface area (Å²) in [4.78, 5) is 0. The average Bonchev–Trinajstić information content (AvgIpc) is 2.30. The van der Waals surface area contributed by atoms with Gasteiger partial charge >= 0.3 is 0 Å². The molecule has 2 heteroatoms. The second-order valence-corrected chi connectivity index (χ2v) is 3.84. The molecular weight excluding hydrogens is 200 g/mol. The van der Waals surface area contributed by atoms with Gasteiger partial charge in [0.1, 0.15) is 5.75 Å². The van der Waals surface area contributed by atoms with Crippen LogP contribution in [-0.4, -0.2) is 11.4 Å². The molecule has 1 N–H and O–H groups in total. The second-order valence-electron chi connectivity index (χ2n) is 3.84. The Bertz CT molecular complexity index is 460. The lowest BCUT2D eigenvalue weighted by atomic mass is 10.1. The van der Waals surface area contributed by atoms with Crippen molar-refractivity contribution in [1.29, 1.82) is 0 Å². The summed E-state index contributed by atoms with van der Waals surface area (Å²) in [6, 6.07) is 13.9. The molecule has 0 saturated heterocycles. The van der Waals surface area contributed by atoms with Crippen LogP contribution < -0.4 is 4.74 Å². The fourth-order valence-electron chi connectivity index (χ4n) is 1.75. The summed E-state index contributed by atoms with van der Waals surface area (Å²) in [5, 5.41) is 11.8. The van der Waals surface area contributed by atoms with Crippen LogP contribution in [0.2, 0.25) is 0 Å². The molecular formula is C14H16O2. The SMILES string of the molecule is CCCC(O)Oc1cccc2ccccc12. The first-order chi connectivity index (χ1) is 7.81. The first kappa shape index (κ1) is 11.0. The summed E-state index contributed by atoms with van der Waals surface area (Å²) in [6.45, 7) is 2.02.